The Morgan fingerprint density at radius 3 is 2.61 bits per heavy atom. The van der Waals surface area contributed by atoms with Crippen molar-refractivity contribution in [2.75, 3.05) is 26.5 Å². The highest BCUT2D eigenvalue weighted by atomic mass is 32.2. The standard InChI is InChI=1S/C18H20FNO7S/c1-26-16-6-4-14(19)10-13(16)9-12-3-5-15(21)11-20(18(12)23)28(24,25)8-7-17(22)27-2/h4,6,9-10H,3,5,7-8,11H2,1-2H3/b12-9+. The molecule has 8 nitrogen and oxygen atoms in total. The number of rotatable bonds is 6. The van der Waals surface area contributed by atoms with Gasteiger partial charge in [0.15, 0.2) is 5.78 Å². The van der Waals surface area contributed by atoms with Crippen molar-refractivity contribution in [1.29, 1.82) is 0 Å². The number of carbonyl (C=O) groups is 3. The molecule has 0 saturated carbocycles. The monoisotopic (exact) mass is 413 g/mol. The zero-order chi connectivity index (χ0) is 20.9. The molecule has 0 atom stereocenters. The van der Waals surface area contributed by atoms with E-state index in [9.17, 15) is 27.2 Å². The van der Waals surface area contributed by atoms with Crippen molar-refractivity contribution in [3.63, 3.8) is 0 Å². The van der Waals surface area contributed by atoms with Gasteiger partial charge in [0.2, 0.25) is 10.0 Å². The molecule has 0 spiro atoms. The Bertz CT molecular complexity index is 924. The van der Waals surface area contributed by atoms with E-state index < -0.39 is 52.2 Å². The fraction of sp³-hybridized carbons (Fsp3) is 0.389. The molecule has 1 aliphatic heterocycles. The van der Waals surface area contributed by atoms with Gasteiger partial charge in [0, 0.05) is 17.6 Å². The molecule has 1 heterocycles. The number of benzene rings is 1. The fourth-order valence-corrected chi connectivity index (χ4v) is 4.00. The van der Waals surface area contributed by atoms with E-state index in [0.29, 0.717) is 4.31 Å². The third kappa shape index (κ3) is 5.16. The molecule has 10 heteroatoms. The second kappa shape index (κ2) is 8.96. The normalized spacial score (nSPS) is 16.8. The van der Waals surface area contributed by atoms with E-state index >= 15 is 0 Å². The van der Waals surface area contributed by atoms with Crippen LogP contribution in [0.2, 0.25) is 0 Å². The highest BCUT2D eigenvalue weighted by Crippen LogP contribution is 2.26. The third-order valence-electron chi connectivity index (χ3n) is 4.14. The lowest BCUT2D eigenvalue weighted by Gasteiger charge is -2.20. The Kier molecular flexibility index (Phi) is 6.90. The van der Waals surface area contributed by atoms with Crippen LogP contribution in [0.15, 0.2) is 23.8 Å². The van der Waals surface area contributed by atoms with Crippen LogP contribution in [0.3, 0.4) is 0 Å². The molecule has 1 fully saturated rings. The smallest absolute Gasteiger partial charge is 0.306 e. The first-order valence-electron chi connectivity index (χ1n) is 8.35. The number of Topliss-reactive ketones (excluding diaryl/α,β-unsaturated/α-hetero) is 1. The van der Waals surface area contributed by atoms with Crippen molar-refractivity contribution in [3.8, 4) is 5.75 Å². The summed E-state index contributed by atoms with van der Waals surface area (Å²) < 4.78 is 48.6. The van der Waals surface area contributed by atoms with E-state index in [1.54, 1.807) is 0 Å². The van der Waals surface area contributed by atoms with Crippen molar-refractivity contribution in [1.82, 2.24) is 4.31 Å². The van der Waals surface area contributed by atoms with Crippen molar-refractivity contribution >= 4 is 33.8 Å². The molecule has 152 valence electrons. The zero-order valence-corrected chi connectivity index (χ0v) is 16.3. The first-order chi connectivity index (χ1) is 13.2. The van der Waals surface area contributed by atoms with Crippen LogP contribution in [-0.2, 0) is 29.1 Å². The van der Waals surface area contributed by atoms with Crippen LogP contribution in [0, 0.1) is 5.82 Å². The van der Waals surface area contributed by atoms with Gasteiger partial charge in [-0.3, -0.25) is 14.4 Å². The SMILES string of the molecule is COC(=O)CCS(=O)(=O)N1CC(=O)CC/C(=C\c2cc(F)ccc2OC)C1=O. The molecule has 0 radical (unpaired) electrons. The largest absolute Gasteiger partial charge is 0.496 e. The van der Waals surface area contributed by atoms with Gasteiger partial charge < -0.3 is 9.47 Å². The number of nitrogens with zero attached hydrogens (tertiary/aromatic N) is 1. The van der Waals surface area contributed by atoms with E-state index in [4.69, 9.17) is 4.74 Å². The van der Waals surface area contributed by atoms with Crippen LogP contribution in [0.5, 0.6) is 5.75 Å². The van der Waals surface area contributed by atoms with Gasteiger partial charge in [-0.15, -0.1) is 0 Å². The molecular weight excluding hydrogens is 393 g/mol. The summed E-state index contributed by atoms with van der Waals surface area (Å²) in [6.45, 7) is -0.611. The van der Waals surface area contributed by atoms with Crippen molar-refractivity contribution in [2.24, 2.45) is 0 Å². The minimum atomic E-state index is -4.23. The summed E-state index contributed by atoms with van der Waals surface area (Å²) in [5, 5.41) is 0. The third-order valence-corrected chi connectivity index (χ3v) is 5.83. The van der Waals surface area contributed by atoms with Gasteiger partial charge in [0.05, 0.1) is 32.9 Å². The average molecular weight is 413 g/mol. The number of hydrogen-bond donors (Lipinski definition) is 0. The van der Waals surface area contributed by atoms with Gasteiger partial charge in [-0.25, -0.2) is 17.1 Å². The molecule has 1 amide bonds. The molecule has 1 aromatic rings. The van der Waals surface area contributed by atoms with Crippen LogP contribution < -0.4 is 4.74 Å². The van der Waals surface area contributed by atoms with Crippen molar-refractivity contribution < 1.29 is 36.7 Å². The van der Waals surface area contributed by atoms with Crippen LogP contribution in [0.4, 0.5) is 4.39 Å². The van der Waals surface area contributed by atoms with Crippen LogP contribution >= 0.6 is 0 Å². The first-order valence-corrected chi connectivity index (χ1v) is 9.96. The molecular formula is C18H20FNO7S. The van der Waals surface area contributed by atoms with Crippen molar-refractivity contribution in [3.05, 3.63) is 35.2 Å². The van der Waals surface area contributed by atoms with E-state index in [1.807, 2.05) is 0 Å². The summed E-state index contributed by atoms with van der Waals surface area (Å²) in [6.07, 6.45) is 0.817. The predicted molar refractivity (Wildman–Crippen MR) is 97.3 cm³/mol. The Balaban J connectivity index is 2.40. The van der Waals surface area contributed by atoms with E-state index in [1.165, 1.54) is 25.3 Å². The Morgan fingerprint density at radius 1 is 1.25 bits per heavy atom. The van der Waals surface area contributed by atoms with Gasteiger partial charge in [-0.2, -0.15) is 0 Å². The maximum Gasteiger partial charge on any atom is 0.306 e. The molecule has 2 rings (SSSR count). The molecule has 0 aliphatic carbocycles. The van der Waals surface area contributed by atoms with E-state index in [0.717, 1.165) is 13.2 Å². The number of esters is 1. The lowest BCUT2D eigenvalue weighted by atomic mass is 10.0. The summed E-state index contributed by atoms with van der Waals surface area (Å²) in [5.74, 6) is -3.02. The van der Waals surface area contributed by atoms with Crippen molar-refractivity contribution in [2.45, 2.75) is 19.3 Å². The second-order valence-electron chi connectivity index (χ2n) is 6.05. The molecule has 1 saturated heterocycles. The van der Waals surface area contributed by atoms with Gasteiger partial charge in [-0.05, 0) is 30.7 Å². The quantitative estimate of drug-likeness (QED) is 0.511. The van der Waals surface area contributed by atoms with Gasteiger partial charge >= 0.3 is 5.97 Å². The number of halogens is 1. The van der Waals surface area contributed by atoms with E-state index in [-0.39, 0.29) is 29.7 Å². The maximum absolute atomic E-state index is 13.6. The van der Waals surface area contributed by atoms with Gasteiger partial charge in [0.1, 0.15) is 11.6 Å². The highest BCUT2D eigenvalue weighted by Gasteiger charge is 2.34. The molecule has 0 aromatic heterocycles. The number of hydrogen-bond acceptors (Lipinski definition) is 7. The number of sulfonamides is 1. The predicted octanol–water partition coefficient (Wildman–Crippen LogP) is 1.30. The Hall–Kier alpha value is -2.75. The molecule has 0 N–H and O–H groups in total. The summed E-state index contributed by atoms with van der Waals surface area (Å²) >= 11 is 0. The number of amides is 1. The van der Waals surface area contributed by atoms with Gasteiger partial charge in [-0.1, -0.05) is 0 Å². The Morgan fingerprint density at radius 2 is 1.96 bits per heavy atom. The summed E-state index contributed by atoms with van der Waals surface area (Å²) in [4.78, 5) is 36.1. The number of methoxy groups -OCH3 is 2. The summed E-state index contributed by atoms with van der Waals surface area (Å²) in [7, 11) is -1.74. The minimum Gasteiger partial charge on any atom is -0.496 e. The molecule has 0 bridgehead atoms. The minimum absolute atomic E-state index is 0.000353. The fourth-order valence-electron chi connectivity index (χ4n) is 2.64. The average Bonchev–Trinajstić information content (AvgIpc) is 2.80. The molecule has 1 aromatic carbocycles. The molecule has 0 unspecified atom stereocenters. The zero-order valence-electron chi connectivity index (χ0n) is 15.4. The van der Waals surface area contributed by atoms with E-state index in [2.05, 4.69) is 4.74 Å². The second-order valence-corrected chi connectivity index (χ2v) is 8.06. The lowest BCUT2D eigenvalue weighted by Crippen LogP contribution is -2.41. The molecule has 28 heavy (non-hydrogen) atoms. The number of ketones is 1. The number of carbonyl (C=O) groups excluding carboxylic acids is 3. The first kappa shape index (κ1) is 21.5. The Labute approximate surface area is 162 Å². The van der Waals surface area contributed by atoms with Gasteiger partial charge in [0.25, 0.3) is 5.91 Å². The van der Waals surface area contributed by atoms with Crippen LogP contribution in [0.25, 0.3) is 6.08 Å². The van der Waals surface area contributed by atoms with Crippen LogP contribution in [-0.4, -0.2) is 56.9 Å². The highest BCUT2D eigenvalue weighted by molar-refractivity contribution is 7.89. The maximum atomic E-state index is 13.6. The lowest BCUT2D eigenvalue weighted by molar-refractivity contribution is -0.140. The summed E-state index contributed by atoms with van der Waals surface area (Å²) in [6, 6.07) is 3.70. The summed E-state index contributed by atoms with van der Waals surface area (Å²) in [5.41, 5.74) is 0.267. The topological polar surface area (TPSA) is 107 Å². The molecule has 1 aliphatic rings. The number of ether oxygens (including phenoxy) is 2. The van der Waals surface area contributed by atoms with Crippen LogP contribution in [0.1, 0.15) is 24.8 Å².